The predicted molar refractivity (Wildman–Crippen MR) is 226 cm³/mol. The van der Waals surface area contributed by atoms with E-state index in [0.717, 1.165) is 16.7 Å². The third-order valence-corrected chi connectivity index (χ3v) is 17.4. The maximum atomic E-state index is 13.6. The molecule has 3 aromatic carbocycles. The van der Waals surface area contributed by atoms with Gasteiger partial charge in [0.15, 0.2) is 14.5 Å². The van der Waals surface area contributed by atoms with Crippen molar-refractivity contribution in [2.75, 3.05) is 27.9 Å². The van der Waals surface area contributed by atoms with Crippen molar-refractivity contribution in [3.63, 3.8) is 0 Å². The van der Waals surface area contributed by atoms with Crippen molar-refractivity contribution in [2.45, 2.75) is 109 Å². The molecule has 1 aromatic heterocycles. The van der Waals surface area contributed by atoms with E-state index in [-0.39, 0.29) is 23.7 Å². The number of methoxy groups -OCH3 is 2. The Bertz CT molecular complexity index is 1940. The monoisotopic (exact) mass is 821 g/mol. The number of H-pyrrole nitrogens is 1. The Morgan fingerprint density at radius 2 is 1.32 bits per heavy atom. The van der Waals surface area contributed by atoms with E-state index in [1.54, 1.807) is 21.3 Å². The molecular weight excluding hydrogens is 762 g/mol. The van der Waals surface area contributed by atoms with Gasteiger partial charge in [-0.15, -0.1) is 0 Å². The number of hydrogen-bond acceptors (Lipinski definition) is 10. The second-order valence-corrected chi connectivity index (χ2v) is 22.6. The summed E-state index contributed by atoms with van der Waals surface area (Å²) in [5.74, 6) is 1.41. The first-order valence-electron chi connectivity index (χ1n) is 19.4. The van der Waals surface area contributed by atoms with E-state index in [4.69, 9.17) is 32.4 Å². The molecule has 0 spiro atoms. The molecular formula is C43H60N3O9PSi. The first kappa shape index (κ1) is 44.4. The molecule has 0 aliphatic carbocycles. The number of rotatable bonds is 17. The number of nitrogens with zero attached hydrogens (tertiary/aromatic N) is 2. The van der Waals surface area contributed by atoms with Gasteiger partial charge in [0, 0.05) is 31.5 Å². The fraction of sp³-hybridized carbons (Fsp3) is 0.488. The van der Waals surface area contributed by atoms with Crippen LogP contribution in [0.2, 0.25) is 18.1 Å². The number of nitrogens with one attached hydrogen (secondary N) is 1. The molecule has 0 bridgehead atoms. The summed E-state index contributed by atoms with van der Waals surface area (Å²) in [5, 5.41) is -0.203. The molecule has 0 radical (unpaired) electrons. The zero-order valence-electron chi connectivity index (χ0n) is 35.3. The third-order valence-electron chi connectivity index (χ3n) is 10.9. The summed E-state index contributed by atoms with van der Waals surface area (Å²) >= 11 is 0. The first-order chi connectivity index (χ1) is 27.0. The summed E-state index contributed by atoms with van der Waals surface area (Å²) in [5.41, 5.74) is 0.285. The van der Waals surface area contributed by atoms with E-state index in [9.17, 15) is 9.59 Å². The van der Waals surface area contributed by atoms with Crippen LogP contribution in [-0.4, -0.2) is 80.9 Å². The van der Waals surface area contributed by atoms with Gasteiger partial charge in [0.1, 0.15) is 35.4 Å². The Morgan fingerprint density at radius 1 is 0.789 bits per heavy atom. The lowest BCUT2D eigenvalue weighted by Crippen LogP contribution is -2.50. The molecule has 4 aromatic rings. The van der Waals surface area contributed by atoms with E-state index in [1.807, 2.05) is 78.9 Å². The molecule has 14 heteroatoms. The summed E-state index contributed by atoms with van der Waals surface area (Å²) < 4.78 is 49.5. The van der Waals surface area contributed by atoms with Crippen LogP contribution in [0, 0.1) is 0 Å². The summed E-state index contributed by atoms with van der Waals surface area (Å²) in [6.45, 7) is 19.2. The quantitative estimate of drug-likeness (QED) is 0.0634. The van der Waals surface area contributed by atoms with Crippen LogP contribution in [0.4, 0.5) is 0 Å². The molecule has 310 valence electrons. The smallest absolute Gasteiger partial charge is 0.330 e. The van der Waals surface area contributed by atoms with E-state index >= 15 is 0 Å². The fourth-order valence-electron chi connectivity index (χ4n) is 7.01. The Morgan fingerprint density at radius 3 is 1.77 bits per heavy atom. The fourth-order valence-corrected chi connectivity index (χ4v) is 9.90. The van der Waals surface area contributed by atoms with Gasteiger partial charge in [-0.05, 0) is 86.8 Å². The molecule has 0 amide bonds. The molecule has 1 fully saturated rings. The van der Waals surface area contributed by atoms with Crippen LogP contribution in [0.1, 0.15) is 71.4 Å². The van der Waals surface area contributed by atoms with Crippen LogP contribution < -0.4 is 20.7 Å². The highest BCUT2D eigenvalue weighted by Gasteiger charge is 2.54. The standard InChI is InChI=1S/C43H60N3O9PSi/c1-29(2)46(30(3)4)56(51-10)54-38-36(53-40(45-27-26-37(47)44-41(45)48)39(38)55-57(11,12)42(5,6)7)28-52-43(31-16-14-13-15-17-31,32-18-22-34(49-8)23-19-32)33-20-24-35(50-9)25-21-33/h13-27,29-30,36,38-40H,28H2,1-12H3,(H,44,47,48)/t36-,38-,39-,40-,56?/m1/s1. The Hall–Kier alpha value is -3.65. The van der Waals surface area contributed by atoms with Gasteiger partial charge in [-0.1, -0.05) is 75.4 Å². The SMILES string of the molecule is COc1ccc(C(OC[C@H]2O[C@@H](n3ccc(=O)[nH]c3=O)[C@H](O[Si](C)(C)C(C)(C)C)[C@@H]2OP(OC)N(C(C)C)C(C)C)(c2ccccc2)c2ccc(OC)cc2)cc1. The highest BCUT2D eigenvalue weighted by molar-refractivity contribution is 7.44. The van der Waals surface area contributed by atoms with Gasteiger partial charge in [0.25, 0.3) is 14.1 Å². The van der Waals surface area contributed by atoms with Gasteiger partial charge in [-0.3, -0.25) is 14.3 Å². The van der Waals surface area contributed by atoms with Gasteiger partial charge in [0.05, 0.1) is 20.8 Å². The van der Waals surface area contributed by atoms with E-state index in [1.165, 1.54) is 16.8 Å². The maximum Gasteiger partial charge on any atom is 0.330 e. The lowest BCUT2D eigenvalue weighted by atomic mass is 9.80. The van der Waals surface area contributed by atoms with Crippen LogP contribution >= 0.6 is 8.53 Å². The van der Waals surface area contributed by atoms with Gasteiger partial charge < -0.3 is 32.4 Å². The minimum absolute atomic E-state index is 0.000169. The van der Waals surface area contributed by atoms with Crippen molar-refractivity contribution < 1.29 is 32.4 Å². The van der Waals surface area contributed by atoms with Gasteiger partial charge in [0.2, 0.25) is 0 Å². The first-order valence-corrected chi connectivity index (χ1v) is 23.4. The van der Waals surface area contributed by atoms with Crippen LogP contribution in [0.5, 0.6) is 11.5 Å². The van der Waals surface area contributed by atoms with Crippen LogP contribution in [0.25, 0.3) is 0 Å². The number of hydrogen-bond donors (Lipinski definition) is 1. The molecule has 1 N–H and O–H groups in total. The summed E-state index contributed by atoms with van der Waals surface area (Å²) in [6.07, 6.45) is -1.89. The van der Waals surface area contributed by atoms with Crippen LogP contribution in [-0.2, 0) is 28.5 Å². The van der Waals surface area contributed by atoms with Gasteiger partial charge in [-0.2, -0.15) is 0 Å². The summed E-state index contributed by atoms with van der Waals surface area (Å²) in [6, 6.07) is 27.1. The van der Waals surface area contributed by atoms with Crippen molar-refractivity contribution in [3.05, 3.63) is 129 Å². The van der Waals surface area contributed by atoms with Crippen molar-refractivity contribution >= 4 is 16.8 Å². The zero-order chi connectivity index (χ0) is 41.7. The largest absolute Gasteiger partial charge is 0.497 e. The van der Waals surface area contributed by atoms with Gasteiger partial charge >= 0.3 is 5.69 Å². The Balaban J connectivity index is 1.71. The molecule has 1 aliphatic rings. The lowest BCUT2D eigenvalue weighted by molar-refractivity contribution is -0.0942. The average Bonchev–Trinajstić information content (AvgIpc) is 3.49. The topological polar surface area (TPSA) is 123 Å². The van der Waals surface area contributed by atoms with Crippen molar-refractivity contribution in [1.29, 1.82) is 0 Å². The number of benzene rings is 3. The number of aromatic nitrogens is 2. The second-order valence-electron chi connectivity index (χ2n) is 16.3. The Labute approximate surface area is 339 Å². The molecule has 57 heavy (non-hydrogen) atoms. The van der Waals surface area contributed by atoms with E-state index in [0.29, 0.717) is 11.5 Å². The molecule has 12 nitrogen and oxygen atoms in total. The maximum absolute atomic E-state index is 13.6. The van der Waals surface area contributed by atoms with Crippen molar-refractivity contribution in [1.82, 2.24) is 14.2 Å². The van der Waals surface area contributed by atoms with Crippen molar-refractivity contribution in [2.24, 2.45) is 0 Å². The third kappa shape index (κ3) is 9.64. The second kappa shape index (κ2) is 18.5. The summed E-state index contributed by atoms with van der Waals surface area (Å²) in [7, 11) is 0.691. The molecule has 0 saturated carbocycles. The van der Waals surface area contributed by atoms with Crippen LogP contribution in [0.3, 0.4) is 0 Å². The summed E-state index contributed by atoms with van der Waals surface area (Å²) in [4.78, 5) is 28.3. The number of aromatic amines is 1. The van der Waals surface area contributed by atoms with E-state index in [2.05, 4.69) is 71.2 Å². The molecule has 1 saturated heterocycles. The van der Waals surface area contributed by atoms with Crippen molar-refractivity contribution in [3.8, 4) is 11.5 Å². The van der Waals surface area contributed by atoms with Crippen LogP contribution in [0.15, 0.2) is 101 Å². The molecule has 5 atom stereocenters. The number of ether oxygens (including phenoxy) is 4. The minimum Gasteiger partial charge on any atom is -0.497 e. The average molecular weight is 822 g/mol. The molecule has 1 aliphatic heterocycles. The molecule has 2 heterocycles. The molecule has 5 rings (SSSR count). The predicted octanol–water partition coefficient (Wildman–Crippen LogP) is 8.23. The lowest BCUT2D eigenvalue weighted by Gasteiger charge is -2.42. The van der Waals surface area contributed by atoms with Gasteiger partial charge in [-0.25, -0.2) is 9.46 Å². The zero-order valence-corrected chi connectivity index (χ0v) is 37.2. The van der Waals surface area contributed by atoms with E-state index < -0.39 is 58.2 Å². The normalized spacial score (nSPS) is 19.7. The molecule has 1 unspecified atom stereocenters. The highest BCUT2D eigenvalue weighted by Crippen LogP contribution is 2.52. The highest BCUT2D eigenvalue weighted by atomic mass is 31.2. The minimum atomic E-state index is -2.57. The Kier molecular flexibility index (Phi) is 14.4.